The molecule has 2 N–H and O–H groups in total. The molecule has 2 aliphatic rings. The lowest BCUT2D eigenvalue weighted by Crippen LogP contribution is -2.20. The summed E-state index contributed by atoms with van der Waals surface area (Å²) in [6, 6.07) is 7.37. The Morgan fingerprint density at radius 2 is 2.03 bits per heavy atom. The standard InChI is InChI=1S/C29H28ClN3O3S/c1-16-17(2)37-28-22-15-33(4)25(36)13-21(22)23(14-24(35)31-19-5-7-20(34)8-6-19)32-27(26(16)28)18-9-11-29(3,30)12-10-18/h5-11,13,15,23,34H,12,14H2,1-4H3,(H,31,35)/t23-,29?/m0/s1. The first-order valence-electron chi connectivity index (χ1n) is 12.1. The van der Waals surface area contributed by atoms with Crippen LogP contribution in [0.5, 0.6) is 5.75 Å². The SMILES string of the molecule is Cc1sc2c(c1C)C(C1=CCC(C)(Cl)C=C1)=N[C@@H](CC(=O)Nc1ccc(O)cc1)c1cc(=O)n(C)cc1-2. The number of benzene rings is 1. The number of nitrogens with zero attached hydrogens (tertiary/aromatic N) is 2. The Hall–Kier alpha value is -3.42. The van der Waals surface area contributed by atoms with Crippen LogP contribution in [0, 0.1) is 13.8 Å². The van der Waals surface area contributed by atoms with Crippen LogP contribution in [0.2, 0.25) is 0 Å². The number of alkyl halides is 1. The molecule has 37 heavy (non-hydrogen) atoms. The van der Waals surface area contributed by atoms with Crippen LogP contribution in [0.1, 0.15) is 47.4 Å². The molecule has 0 spiro atoms. The average molecular weight is 534 g/mol. The number of aromatic nitrogens is 1. The molecule has 2 aromatic heterocycles. The minimum absolute atomic E-state index is 0.0573. The Bertz CT molecular complexity index is 1560. The molecule has 5 rings (SSSR count). The number of aromatic hydroxyl groups is 1. The molecule has 3 aromatic rings. The Balaban J connectivity index is 1.64. The van der Waals surface area contributed by atoms with Gasteiger partial charge < -0.3 is 15.0 Å². The summed E-state index contributed by atoms with van der Waals surface area (Å²) >= 11 is 8.24. The van der Waals surface area contributed by atoms with Gasteiger partial charge in [0.1, 0.15) is 5.75 Å². The van der Waals surface area contributed by atoms with Crippen LogP contribution in [0.3, 0.4) is 0 Å². The van der Waals surface area contributed by atoms with Crippen LogP contribution in [-0.4, -0.2) is 26.2 Å². The molecule has 1 unspecified atom stereocenters. The molecule has 0 saturated carbocycles. The fourth-order valence-corrected chi connectivity index (χ4v) is 6.03. The fraction of sp³-hybridized carbons (Fsp3) is 0.276. The highest BCUT2D eigenvalue weighted by Crippen LogP contribution is 2.45. The number of carbonyl (C=O) groups is 1. The highest BCUT2D eigenvalue weighted by molar-refractivity contribution is 7.16. The van der Waals surface area contributed by atoms with Crippen molar-refractivity contribution in [1.82, 2.24) is 4.57 Å². The Labute approximate surface area is 224 Å². The smallest absolute Gasteiger partial charge is 0.250 e. The number of amides is 1. The first kappa shape index (κ1) is 25.2. The van der Waals surface area contributed by atoms with E-state index >= 15 is 0 Å². The number of halogens is 1. The summed E-state index contributed by atoms with van der Waals surface area (Å²) < 4.78 is 1.57. The van der Waals surface area contributed by atoms with Crippen LogP contribution in [-0.2, 0) is 11.8 Å². The van der Waals surface area contributed by atoms with E-state index in [0.717, 1.165) is 38.4 Å². The Morgan fingerprint density at radius 3 is 2.70 bits per heavy atom. The van der Waals surface area contributed by atoms with Crippen molar-refractivity contribution in [3.63, 3.8) is 0 Å². The maximum atomic E-state index is 13.2. The number of pyridine rings is 1. The predicted octanol–water partition coefficient (Wildman–Crippen LogP) is 6.19. The fourth-order valence-electron chi connectivity index (χ4n) is 4.69. The third-order valence-electron chi connectivity index (χ3n) is 6.91. The summed E-state index contributed by atoms with van der Waals surface area (Å²) in [7, 11) is 1.74. The molecule has 0 saturated heterocycles. The molecule has 2 atom stereocenters. The van der Waals surface area contributed by atoms with Crippen LogP contribution >= 0.6 is 22.9 Å². The molecule has 1 aromatic carbocycles. The molecule has 0 radical (unpaired) electrons. The normalized spacial score (nSPS) is 20.4. The van der Waals surface area contributed by atoms with Crippen LogP contribution in [0.15, 0.2) is 70.1 Å². The van der Waals surface area contributed by atoms with Crippen LogP contribution in [0.25, 0.3) is 10.4 Å². The summed E-state index contributed by atoms with van der Waals surface area (Å²) in [6.07, 6.45) is 8.67. The average Bonchev–Trinajstić information content (AvgIpc) is 3.07. The van der Waals surface area contributed by atoms with Crippen molar-refractivity contribution >= 4 is 40.2 Å². The number of allylic oxidation sites excluding steroid dienone is 4. The molecule has 0 bridgehead atoms. The third-order valence-corrected chi connectivity index (χ3v) is 8.43. The summed E-state index contributed by atoms with van der Waals surface area (Å²) in [6.45, 7) is 6.16. The summed E-state index contributed by atoms with van der Waals surface area (Å²) in [5.74, 6) is -0.107. The number of aliphatic imine (C=N–C) groups is 1. The van der Waals surface area contributed by atoms with E-state index in [1.54, 1.807) is 41.2 Å². The first-order valence-corrected chi connectivity index (χ1v) is 13.3. The zero-order valence-corrected chi connectivity index (χ0v) is 22.7. The molecule has 1 aliphatic heterocycles. The van der Waals surface area contributed by atoms with Crippen molar-refractivity contribution < 1.29 is 9.90 Å². The molecular weight excluding hydrogens is 506 g/mol. The first-order chi connectivity index (χ1) is 17.5. The summed E-state index contributed by atoms with van der Waals surface area (Å²) in [5, 5.41) is 12.4. The van der Waals surface area contributed by atoms with Crippen molar-refractivity contribution in [1.29, 1.82) is 0 Å². The van der Waals surface area contributed by atoms with Gasteiger partial charge in [0.05, 0.1) is 23.0 Å². The second-order valence-electron chi connectivity index (χ2n) is 9.85. The third kappa shape index (κ3) is 4.93. The van der Waals surface area contributed by atoms with Gasteiger partial charge in [-0.2, -0.15) is 0 Å². The van der Waals surface area contributed by atoms with E-state index in [9.17, 15) is 14.7 Å². The van der Waals surface area contributed by atoms with Gasteiger partial charge in [0.2, 0.25) is 5.91 Å². The monoisotopic (exact) mass is 533 g/mol. The van der Waals surface area contributed by atoms with E-state index in [-0.39, 0.29) is 23.6 Å². The number of hydrogen-bond donors (Lipinski definition) is 2. The number of thiophene rings is 1. The number of fused-ring (bicyclic) bond motifs is 3. The number of anilines is 1. The highest BCUT2D eigenvalue weighted by Gasteiger charge is 2.32. The molecule has 0 fully saturated rings. The number of rotatable bonds is 4. The minimum atomic E-state index is -0.561. The number of phenols is 1. The van der Waals surface area contributed by atoms with Gasteiger partial charge in [-0.25, -0.2) is 0 Å². The quantitative estimate of drug-likeness (QED) is 0.309. The number of carbonyl (C=O) groups excluding carboxylic acids is 1. The minimum Gasteiger partial charge on any atom is -0.508 e. The number of hydrogen-bond acceptors (Lipinski definition) is 5. The molecule has 6 nitrogen and oxygen atoms in total. The van der Waals surface area contributed by atoms with Crippen LogP contribution < -0.4 is 10.9 Å². The van der Waals surface area contributed by atoms with Crippen LogP contribution in [0.4, 0.5) is 5.69 Å². The molecule has 1 amide bonds. The lowest BCUT2D eigenvalue weighted by atomic mass is 9.90. The zero-order valence-electron chi connectivity index (χ0n) is 21.1. The van der Waals surface area contributed by atoms with E-state index in [2.05, 4.69) is 25.2 Å². The van der Waals surface area contributed by atoms with E-state index in [4.69, 9.17) is 16.6 Å². The van der Waals surface area contributed by atoms with Gasteiger partial charge in [0.25, 0.3) is 5.56 Å². The second-order valence-corrected chi connectivity index (χ2v) is 11.9. The Morgan fingerprint density at radius 1 is 1.30 bits per heavy atom. The highest BCUT2D eigenvalue weighted by atomic mass is 35.5. The van der Waals surface area contributed by atoms with Gasteiger partial charge in [-0.1, -0.05) is 18.2 Å². The largest absolute Gasteiger partial charge is 0.508 e. The van der Waals surface area contributed by atoms with Crippen molar-refractivity contribution in [2.75, 3.05) is 5.32 Å². The van der Waals surface area contributed by atoms with E-state index in [1.165, 1.54) is 17.0 Å². The van der Waals surface area contributed by atoms with Gasteiger partial charge >= 0.3 is 0 Å². The molecule has 1 aliphatic carbocycles. The summed E-state index contributed by atoms with van der Waals surface area (Å²) in [5.41, 5.74) is 6.04. The number of nitrogens with one attached hydrogen (secondary N) is 1. The summed E-state index contributed by atoms with van der Waals surface area (Å²) in [4.78, 5) is 32.9. The maximum Gasteiger partial charge on any atom is 0.250 e. The van der Waals surface area contributed by atoms with E-state index in [1.807, 2.05) is 25.3 Å². The lowest BCUT2D eigenvalue weighted by Gasteiger charge is -2.22. The van der Waals surface area contributed by atoms with Gasteiger partial charge in [-0.05, 0) is 68.2 Å². The number of phenolic OH excluding ortho intramolecular Hbond substituents is 1. The van der Waals surface area contributed by atoms with Crippen molar-refractivity contribution in [2.45, 2.75) is 44.5 Å². The van der Waals surface area contributed by atoms with Gasteiger partial charge in [-0.3, -0.25) is 14.6 Å². The van der Waals surface area contributed by atoms with Crippen molar-refractivity contribution in [3.05, 3.63) is 92.3 Å². The van der Waals surface area contributed by atoms with Gasteiger partial charge in [0.15, 0.2) is 0 Å². The second kappa shape index (κ2) is 9.47. The zero-order chi connectivity index (χ0) is 26.5. The lowest BCUT2D eigenvalue weighted by molar-refractivity contribution is -0.116. The maximum absolute atomic E-state index is 13.2. The molecule has 8 heteroatoms. The molecule has 3 heterocycles. The number of aryl methyl sites for hydroxylation is 2. The van der Waals surface area contributed by atoms with Crippen molar-refractivity contribution in [2.24, 2.45) is 12.0 Å². The topological polar surface area (TPSA) is 83.7 Å². The van der Waals surface area contributed by atoms with E-state index < -0.39 is 10.9 Å². The van der Waals surface area contributed by atoms with Gasteiger partial charge in [0, 0.05) is 45.9 Å². The van der Waals surface area contributed by atoms with E-state index in [0.29, 0.717) is 12.1 Å². The predicted molar refractivity (Wildman–Crippen MR) is 151 cm³/mol. The Kier molecular flexibility index (Phi) is 6.46. The van der Waals surface area contributed by atoms with Gasteiger partial charge in [-0.15, -0.1) is 22.9 Å². The molecule has 190 valence electrons. The van der Waals surface area contributed by atoms with Crippen molar-refractivity contribution in [3.8, 4) is 16.2 Å². The molecular formula is C29H28ClN3O3S.